The van der Waals surface area contributed by atoms with E-state index in [1.54, 1.807) is 0 Å². The quantitative estimate of drug-likeness (QED) is 0.883. The van der Waals surface area contributed by atoms with Crippen molar-refractivity contribution in [3.8, 4) is 5.75 Å². The van der Waals surface area contributed by atoms with Crippen molar-refractivity contribution in [3.05, 3.63) is 47.5 Å². The number of imidazole rings is 1. The van der Waals surface area contributed by atoms with Crippen molar-refractivity contribution in [2.75, 3.05) is 26.2 Å². The van der Waals surface area contributed by atoms with Crippen LogP contribution in [0.5, 0.6) is 5.75 Å². The van der Waals surface area contributed by atoms with Crippen LogP contribution in [0.4, 0.5) is 0 Å². The number of nitrogens with zero attached hydrogens (tertiary/aromatic N) is 3. The fourth-order valence-corrected chi connectivity index (χ4v) is 3.48. The smallest absolute Gasteiger partial charge is 0.122 e. The topological polar surface area (TPSA) is 50.5 Å². The monoisotopic (exact) mass is 329 g/mol. The summed E-state index contributed by atoms with van der Waals surface area (Å²) in [5.41, 5.74) is 2.33. The largest absolute Gasteiger partial charge is 0.491 e. The van der Waals surface area contributed by atoms with Gasteiger partial charge >= 0.3 is 0 Å². The van der Waals surface area contributed by atoms with Crippen LogP contribution >= 0.6 is 0 Å². The maximum atomic E-state index is 10.3. The van der Waals surface area contributed by atoms with Gasteiger partial charge in [-0.25, -0.2) is 4.98 Å². The van der Waals surface area contributed by atoms with Crippen LogP contribution in [0, 0.1) is 13.8 Å². The van der Waals surface area contributed by atoms with Gasteiger partial charge in [-0.15, -0.1) is 0 Å². The fourth-order valence-electron chi connectivity index (χ4n) is 3.48. The first-order valence-corrected chi connectivity index (χ1v) is 8.60. The fraction of sp³-hybridized carbons (Fsp3) is 0.526. The van der Waals surface area contributed by atoms with Gasteiger partial charge in [-0.3, -0.25) is 4.90 Å². The first-order chi connectivity index (χ1) is 11.5. The summed E-state index contributed by atoms with van der Waals surface area (Å²) in [6.45, 7) is 7.02. The molecule has 3 rings (SSSR count). The Morgan fingerprint density at radius 2 is 2.21 bits per heavy atom. The summed E-state index contributed by atoms with van der Waals surface area (Å²) >= 11 is 0. The molecule has 5 nitrogen and oxygen atoms in total. The van der Waals surface area contributed by atoms with E-state index in [1.165, 1.54) is 5.56 Å². The molecule has 2 heterocycles. The molecule has 0 saturated carbocycles. The second-order valence-corrected chi connectivity index (χ2v) is 6.88. The third kappa shape index (κ3) is 3.97. The summed E-state index contributed by atoms with van der Waals surface area (Å²) in [7, 11) is 2.04. The lowest BCUT2D eigenvalue weighted by atomic mass is 10.1. The Bertz CT molecular complexity index is 683. The molecule has 130 valence electrons. The summed E-state index contributed by atoms with van der Waals surface area (Å²) in [5, 5.41) is 10.3. The van der Waals surface area contributed by atoms with Gasteiger partial charge < -0.3 is 14.4 Å². The first-order valence-electron chi connectivity index (χ1n) is 8.60. The number of likely N-dealkylation sites (tertiary alicyclic amines) is 1. The molecule has 0 bridgehead atoms. The number of ether oxygens (including phenoxy) is 1. The highest BCUT2D eigenvalue weighted by Crippen LogP contribution is 2.25. The third-order valence-corrected chi connectivity index (χ3v) is 4.73. The molecule has 24 heavy (non-hydrogen) atoms. The molecule has 1 saturated heterocycles. The van der Waals surface area contributed by atoms with Crippen LogP contribution in [0.15, 0.2) is 30.6 Å². The molecule has 1 aliphatic rings. The Morgan fingerprint density at radius 3 is 2.92 bits per heavy atom. The Labute approximate surface area is 143 Å². The minimum absolute atomic E-state index is 0.327. The average Bonchev–Trinajstić information content (AvgIpc) is 3.15. The molecule has 0 aliphatic carbocycles. The zero-order chi connectivity index (χ0) is 17.1. The highest BCUT2D eigenvalue weighted by Gasteiger charge is 2.27. The summed E-state index contributed by atoms with van der Waals surface area (Å²) in [5.74, 6) is 2.45. The standard InChI is InChI=1S/C19H27N3O2/c1-14-4-5-18(15(2)10-14)24-13-17(23)12-22-8-6-16(11-22)19-20-7-9-21(19)3/h4-5,7,9-10,16-17,23H,6,8,11-13H2,1-3H3. The van der Waals surface area contributed by atoms with Crippen LogP contribution < -0.4 is 4.74 Å². The Kier molecular flexibility index (Phi) is 5.21. The summed E-state index contributed by atoms with van der Waals surface area (Å²) < 4.78 is 7.88. The predicted molar refractivity (Wildman–Crippen MR) is 94.4 cm³/mol. The van der Waals surface area contributed by atoms with Crippen molar-refractivity contribution < 1.29 is 9.84 Å². The highest BCUT2D eigenvalue weighted by molar-refractivity contribution is 5.35. The van der Waals surface area contributed by atoms with Crippen molar-refractivity contribution in [2.24, 2.45) is 7.05 Å². The Balaban J connectivity index is 1.47. The van der Waals surface area contributed by atoms with E-state index in [4.69, 9.17) is 4.74 Å². The van der Waals surface area contributed by atoms with E-state index in [2.05, 4.69) is 27.4 Å². The lowest BCUT2D eigenvalue weighted by Gasteiger charge is -2.21. The molecule has 2 unspecified atom stereocenters. The van der Waals surface area contributed by atoms with Gasteiger partial charge in [0.15, 0.2) is 0 Å². The van der Waals surface area contributed by atoms with E-state index in [-0.39, 0.29) is 0 Å². The molecule has 2 atom stereocenters. The number of aryl methyl sites for hydroxylation is 3. The van der Waals surface area contributed by atoms with Gasteiger partial charge in [-0.2, -0.15) is 0 Å². The van der Waals surface area contributed by atoms with Crippen molar-refractivity contribution in [1.29, 1.82) is 0 Å². The number of rotatable bonds is 6. The minimum atomic E-state index is -0.481. The predicted octanol–water partition coefficient (Wildman–Crippen LogP) is 2.27. The zero-order valence-corrected chi connectivity index (χ0v) is 14.8. The van der Waals surface area contributed by atoms with Crippen LogP contribution in [-0.4, -0.2) is 51.9 Å². The molecule has 1 N–H and O–H groups in total. The Hall–Kier alpha value is -1.85. The van der Waals surface area contributed by atoms with E-state index in [9.17, 15) is 5.11 Å². The molecule has 2 aromatic rings. The molecule has 0 amide bonds. The third-order valence-electron chi connectivity index (χ3n) is 4.73. The lowest BCUT2D eigenvalue weighted by Crippen LogP contribution is -2.34. The summed E-state index contributed by atoms with van der Waals surface area (Å²) in [4.78, 5) is 6.75. The van der Waals surface area contributed by atoms with Gasteiger partial charge in [-0.1, -0.05) is 17.7 Å². The van der Waals surface area contributed by atoms with Gasteiger partial charge in [0, 0.05) is 38.4 Å². The van der Waals surface area contributed by atoms with Crippen molar-refractivity contribution >= 4 is 0 Å². The zero-order valence-electron chi connectivity index (χ0n) is 14.8. The number of hydrogen-bond acceptors (Lipinski definition) is 4. The maximum Gasteiger partial charge on any atom is 0.122 e. The van der Waals surface area contributed by atoms with Crippen LogP contribution in [0.25, 0.3) is 0 Å². The van der Waals surface area contributed by atoms with E-state index in [0.717, 1.165) is 36.6 Å². The minimum Gasteiger partial charge on any atom is -0.491 e. The van der Waals surface area contributed by atoms with E-state index < -0.39 is 6.10 Å². The molecule has 1 aliphatic heterocycles. The normalized spacial score (nSPS) is 19.6. The molecular weight excluding hydrogens is 302 g/mol. The number of benzene rings is 1. The maximum absolute atomic E-state index is 10.3. The summed E-state index contributed by atoms with van der Waals surface area (Å²) in [6, 6.07) is 6.11. The highest BCUT2D eigenvalue weighted by atomic mass is 16.5. The van der Waals surface area contributed by atoms with Crippen LogP contribution in [0.2, 0.25) is 0 Å². The average molecular weight is 329 g/mol. The number of aliphatic hydroxyl groups excluding tert-OH is 1. The molecule has 5 heteroatoms. The van der Waals surface area contributed by atoms with Gasteiger partial charge in [-0.05, 0) is 38.4 Å². The van der Waals surface area contributed by atoms with Crippen molar-refractivity contribution in [2.45, 2.75) is 32.3 Å². The van der Waals surface area contributed by atoms with Crippen molar-refractivity contribution in [1.82, 2.24) is 14.5 Å². The second-order valence-electron chi connectivity index (χ2n) is 6.88. The molecular formula is C19H27N3O2. The lowest BCUT2D eigenvalue weighted by molar-refractivity contribution is 0.0751. The first kappa shape index (κ1) is 17.0. The number of hydrogen-bond donors (Lipinski definition) is 1. The molecule has 0 spiro atoms. The van der Waals surface area contributed by atoms with Crippen molar-refractivity contribution in [3.63, 3.8) is 0 Å². The van der Waals surface area contributed by atoms with E-state index in [0.29, 0.717) is 19.1 Å². The SMILES string of the molecule is Cc1ccc(OCC(O)CN2CCC(c3nccn3C)C2)c(C)c1. The van der Waals surface area contributed by atoms with Crippen LogP contribution in [0.1, 0.15) is 29.3 Å². The molecule has 0 radical (unpaired) electrons. The van der Waals surface area contributed by atoms with E-state index in [1.807, 2.05) is 38.5 Å². The van der Waals surface area contributed by atoms with Gasteiger partial charge in [0.2, 0.25) is 0 Å². The number of aliphatic hydroxyl groups is 1. The number of β-amino-alcohol motifs (C(OH)–C–C–N with tert-alkyl or cyclic N) is 1. The molecule has 1 aromatic carbocycles. The number of aromatic nitrogens is 2. The van der Waals surface area contributed by atoms with Gasteiger partial charge in [0.1, 0.15) is 24.3 Å². The Morgan fingerprint density at radius 1 is 1.38 bits per heavy atom. The second kappa shape index (κ2) is 7.36. The van der Waals surface area contributed by atoms with E-state index >= 15 is 0 Å². The molecule has 1 aromatic heterocycles. The van der Waals surface area contributed by atoms with Crippen LogP contribution in [0.3, 0.4) is 0 Å². The summed E-state index contributed by atoms with van der Waals surface area (Å²) in [6.07, 6.45) is 4.45. The molecule has 1 fully saturated rings. The van der Waals surface area contributed by atoms with Crippen LogP contribution in [-0.2, 0) is 7.05 Å². The van der Waals surface area contributed by atoms with Gasteiger partial charge in [0.25, 0.3) is 0 Å². The van der Waals surface area contributed by atoms with Gasteiger partial charge in [0.05, 0.1) is 0 Å².